The van der Waals surface area contributed by atoms with Gasteiger partial charge in [0.25, 0.3) is 11.8 Å². The number of phenols is 1. The Morgan fingerprint density at radius 2 is 1.68 bits per heavy atom. The van der Waals surface area contributed by atoms with Gasteiger partial charge in [-0.1, -0.05) is 23.8 Å². The molecule has 1 saturated carbocycles. The van der Waals surface area contributed by atoms with Crippen LogP contribution >= 0.6 is 23.2 Å². The van der Waals surface area contributed by atoms with E-state index in [0.717, 1.165) is 9.80 Å². The van der Waals surface area contributed by atoms with E-state index in [-0.39, 0.29) is 31.6 Å². The number of aliphatic carboxylic acids is 1. The van der Waals surface area contributed by atoms with Gasteiger partial charge in [-0.25, -0.2) is 0 Å². The first-order valence-electron chi connectivity index (χ1n) is 12.0. The number of amides is 4. The number of alkyl halides is 2. The maximum atomic E-state index is 13.5. The van der Waals surface area contributed by atoms with Crippen molar-refractivity contribution in [2.24, 2.45) is 17.8 Å². The Morgan fingerprint density at radius 1 is 1.05 bits per heavy atom. The molecule has 2 aliphatic heterocycles. The number of allylic oxidation sites excluding steroid dienone is 2. The molecule has 1 aromatic carbocycles. The van der Waals surface area contributed by atoms with Crippen LogP contribution in [0, 0.1) is 31.6 Å². The molecule has 3 fully saturated rings. The molecular weight excluding hydrogens is 523 g/mol. The zero-order valence-electron chi connectivity index (χ0n) is 20.5. The fourth-order valence-electron chi connectivity index (χ4n) is 6.77. The number of rotatable bonds is 4. The second-order valence-corrected chi connectivity index (χ2v) is 11.7. The van der Waals surface area contributed by atoms with E-state index in [1.807, 2.05) is 6.08 Å². The molecule has 1 aromatic rings. The van der Waals surface area contributed by atoms with Gasteiger partial charge in [-0.05, 0) is 49.3 Å². The molecule has 2 saturated heterocycles. The molecular formula is C26H26Cl2N2O7. The van der Waals surface area contributed by atoms with Crippen molar-refractivity contribution in [2.75, 3.05) is 13.6 Å². The maximum absolute atomic E-state index is 13.5. The van der Waals surface area contributed by atoms with Gasteiger partial charge in [-0.3, -0.25) is 33.8 Å². The molecule has 4 amide bonds. The van der Waals surface area contributed by atoms with Gasteiger partial charge in [0.05, 0.1) is 18.3 Å². The van der Waals surface area contributed by atoms with Crippen LogP contribution in [0.1, 0.15) is 41.9 Å². The zero-order valence-corrected chi connectivity index (χ0v) is 22.0. The fourth-order valence-corrected chi connectivity index (χ4v) is 7.79. The number of halogens is 2. The van der Waals surface area contributed by atoms with E-state index in [1.165, 1.54) is 7.05 Å². The average molecular weight is 549 g/mol. The molecule has 2 aliphatic carbocycles. The van der Waals surface area contributed by atoms with Crippen molar-refractivity contribution in [1.29, 1.82) is 0 Å². The molecule has 0 unspecified atom stereocenters. The molecule has 5 rings (SSSR count). The Balaban J connectivity index is 1.68. The number of aromatic hydroxyl groups is 1. The Morgan fingerprint density at radius 3 is 2.27 bits per heavy atom. The van der Waals surface area contributed by atoms with Crippen LogP contribution in [0.3, 0.4) is 0 Å². The Kier molecular flexibility index (Phi) is 5.77. The summed E-state index contributed by atoms with van der Waals surface area (Å²) in [6.45, 7) is 3.17. The summed E-state index contributed by atoms with van der Waals surface area (Å²) in [5.41, 5.74) is 2.31. The molecule has 2 N–H and O–H groups in total. The minimum absolute atomic E-state index is 0.0890. The number of nitrogens with zero attached hydrogens (tertiary/aromatic N) is 2. The Hall–Kier alpha value is -2.91. The Labute approximate surface area is 223 Å². The number of carboxylic acids is 1. The second kappa shape index (κ2) is 8.30. The van der Waals surface area contributed by atoms with Crippen LogP contribution < -0.4 is 0 Å². The van der Waals surface area contributed by atoms with Gasteiger partial charge in [0.2, 0.25) is 11.8 Å². The van der Waals surface area contributed by atoms with Crippen LogP contribution in [0.15, 0.2) is 23.8 Å². The van der Waals surface area contributed by atoms with Gasteiger partial charge in [-0.2, -0.15) is 0 Å². The number of carboxylic acid groups (broad SMARTS) is 1. The molecule has 4 aliphatic rings. The van der Waals surface area contributed by atoms with Crippen LogP contribution in [0.25, 0.3) is 0 Å². The number of benzene rings is 1. The van der Waals surface area contributed by atoms with Gasteiger partial charge in [0.15, 0.2) is 9.75 Å². The number of likely N-dealkylation sites (tertiary alicyclic amines) is 2. The average Bonchev–Trinajstić information content (AvgIpc) is 3.15. The van der Waals surface area contributed by atoms with Crippen molar-refractivity contribution in [2.45, 2.75) is 48.8 Å². The molecule has 0 bridgehead atoms. The Bertz CT molecular complexity index is 1300. The minimum Gasteiger partial charge on any atom is -0.507 e. The number of hydrogen-bond acceptors (Lipinski definition) is 6. The van der Waals surface area contributed by atoms with Crippen LogP contribution in [-0.4, -0.2) is 73.0 Å². The minimum atomic E-state index is -1.89. The van der Waals surface area contributed by atoms with E-state index in [0.29, 0.717) is 22.3 Å². The van der Waals surface area contributed by atoms with Crippen molar-refractivity contribution < 1.29 is 34.2 Å². The highest BCUT2D eigenvalue weighted by molar-refractivity contribution is 6.53. The predicted molar refractivity (Wildman–Crippen MR) is 132 cm³/mol. The third-order valence-corrected chi connectivity index (χ3v) is 9.91. The molecule has 6 atom stereocenters. The third-order valence-electron chi connectivity index (χ3n) is 8.50. The van der Waals surface area contributed by atoms with Crippen molar-refractivity contribution in [3.8, 4) is 5.75 Å². The lowest BCUT2D eigenvalue weighted by Gasteiger charge is -2.51. The zero-order chi connectivity index (χ0) is 27.2. The van der Waals surface area contributed by atoms with E-state index in [1.54, 1.807) is 26.0 Å². The SMILES string of the molecule is Cc1cc([C@H]2C3=CC[C@@H]4C(=O)N(CCC(=O)O)C(=O)[C@@H]4[C@@H]3C[C@@]3(Cl)C(=O)N(C)C(=O)[C@@]23Cl)cc(C)c1O. The van der Waals surface area contributed by atoms with E-state index < -0.39 is 63.0 Å². The highest BCUT2D eigenvalue weighted by Gasteiger charge is 2.75. The third kappa shape index (κ3) is 3.26. The van der Waals surface area contributed by atoms with Crippen molar-refractivity contribution in [3.63, 3.8) is 0 Å². The maximum Gasteiger partial charge on any atom is 0.305 e. The molecule has 37 heavy (non-hydrogen) atoms. The summed E-state index contributed by atoms with van der Waals surface area (Å²) in [7, 11) is 1.32. The summed E-state index contributed by atoms with van der Waals surface area (Å²) in [5, 5.41) is 19.5. The smallest absolute Gasteiger partial charge is 0.305 e. The fraction of sp³-hybridized carbons (Fsp3) is 0.500. The van der Waals surface area contributed by atoms with Gasteiger partial charge < -0.3 is 10.2 Å². The predicted octanol–water partition coefficient (Wildman–Crippen LogP) is 2.47. The van der Waals surface area contributed by atoms with Crippen LogP contribution in [0.2, 0.25) is 0 Å². The summed E-state index contributed by atoms with van der Waals surface area (Å²) in [6.07, 6.45) is 1.52. The molecule has 0 radical (unpaired) electrons. The van der Waals surface area contributed by atoms with E-state index in [9.17, 15) is 29.1 Å². The first-order chi connectivity index (χ1) is 17.3. The number of hydrogen-bond donors (Lipinski definition) is 2. The quantitative estimate of drug-likeness (QED) is 0.335. The molecule has 2 heterocycles. The molecule has 11 heteroatoms. The molecule has 9 nitrogen and oxygen atoms in total. The standard InChI is InChI=1S/C26H26Cl2N2O7/c1-11-8-13(9-12(2)20(11)33)19-14-4-5-15-18(22(35)30(21(15)34)7-6-17(31)32)16(14)10-25(27)23(36)29(3)24(37)26(19,25)28/h4,8-9,15-16,18-19,33H,5-7,10H2,1-3H3,(H,31,32)/t15-,16+,18-,19-,25+,26-/m0/s1. The van der Waals surface area contributed by atoms with Gasteiger partial charge in [0, 0.05) is 19.5 Å². The number of imide groups is 2. The topological polar surface area (TPSA) is 132 Å². The number of fused-ring (bicyclic) bond motifs is 4. The second-order valence-electron chi connectivity index (χ2n) is 10.5. The van der Waals surface area contributed by atoms with Crippen LogP contribution in [0.4, 0.5) is 0 Å². The largest absolute Gasteiger partial charge is 0.507 e. The lowest BCUT2D eigenvalue weighted by molar-refractivity contribution is -0.143. The van der Waals surface area contributed by atoms with Crippen molar-refractivity contribution in [1.82, 2.24) is 9.80 Å². The number of carbonyl (C=O) groups excluding carboxylic acids is 4. The lowest BCUT2D eigenvalue weighted by Crippen LogP contribution is -2.60. The summed E-state index contributed by atoms with van der Waals surface area (Å²) in [4.78, 5) is 62.8. The van der Waals surface area contributed by atoms with Crippen molar-refractivity contribution >= 4 is 52.8 Å². The first kappa shape index (κ1) is 25.7. The van der Waals surface area contributed by atoms with Crippen molar-refractivity contribution in [3.05, 3.63) is 40.5 Å². The highest BCUT2D eigenvalue weighted by atomic mass is 35.5. The monoisotopic (exact) mass is 548 g/mol. The summed E-state index contributed by atoms with van der Waals surface area (Å²) in [5.74, 6) is -6.46. The normalized spacial score (nSPS) is 34.9. The van der Waals surface area contributed by atoms with Gasteiger partial charge in [-0.15, -0.1) is 23.2 Å². The van der Waals surface area contributed by atoms with E-state index in [2.05, 4.69) is 0 Å². The molecule has 196 valence electrons. The summed E-state index contributed by atoms with van der Waals surface area (Å²) in [6, 6.07) is 3.39. The van der Waals surface area contributed by atoms with E-state index >= 15 is 0 Å². The van der Waals surface area contributed by atoms with E-state index in [4.69, 9.17) is 28.3 Å². The number of phenolic OH excluding ortho intramolecular Hbond substituents is 1. The number of aryl methyl sites for hydroxylation is 2. The summed E-state index contributed by atoms with van der Waals surface area (Å²) >= 11 is 14.2. The number of carbonyl (C=O) groups is 5. The van der Waals surface area contributed by atoms with Gasteiger partial charge in [0.1, 0.15) is 5.75 Å². The first-order valence-corrected chi connectivity index (χ1v) is 12.8. The lowest BCUT2D eigenvalue weighted by atomic mass is 9.56. The summed E-state index contributed by atoms with van der Waals surface area (Å²) < 4.78 is 0. The van der Waals surface area contributed by atoms with Crippen LogP contribution in [-0.2, 0) is 24.0 Å². The van der Waals surface area contributed by atoms with Crippen LogP contribution in [0.5, 0.6) is 5.75 Å². The van der Waals surface area contributed by atoms with Gasteiger partial charge >= 0.3 is 5.97 Å². The highest BCUT2D eigenvalue weighted by Crippen LogP contribution is 2.65. The molecule has 0 aromatic heterocycles. The molecule has 0 spiro atoms.